The fourth-order valence-corrected chi connectivity index (χ4v) is 6.06. The van der Waals surface area contributed by atoms with Gasteiger partial charge in [-0.2, -0.15) is 0 Å². The number of Topliss-reactive ketones (excluding diaryl/α,β-unsaturated/α-hetero) is 3. The van der Waals surface area contributed by atoms with Crippen molar-refractivity contribution in [1.29, 1.82) is 0 Å². The maximum Gasteiger partial charge on any atom is 0.132 e. The zero-order valence-corrected chi connectivity index (χ0v) is 23.7. The summed E-state index contributed by atoms with van der Waals surface area (Å²) in [4.78, 5) is 33.1. The maximum atomic E-state index is 13.4. The van der Waals surface area contributed by atoms with E-state index in [2.05, 4.69) is 24.3 Å². The minimum atomic E-state index is -0.194. The predicted octanol–water partition coefficient (Wildman–Crippen LogP) is 9.02. The molecule has 0 atom stereocenters. The lowest BCUT2D eigenvalue weighted by atomic mass is 9.83. The highest BCUT2D eigenvalue weighted by Crippen LogP contribution is 2.33. The quantitative estimate of drug-likeness (QED) is 0.322. The molecule has 0 bridgehead atoms. The standard InChI is InChI=1S/2C12H13FO.C12H14O/c13-11-5-1-9(2-6-11)10-3-7-12(14)8-4-10;13-12-4-2-1-3-11(12)9-5-7-10(14)8-6-9;13-12-8-6-11(7-9-12)10-4-2-1-3-5-10/h1-2,5-6,10H,3-4,7-8H2;1-4,9H,5-8H2;1-5,11H,6-9H2. The number of ketones is 3. The van der Waals surface area contributed by atoms with Crippen molar-refractivity contribution in [3.05, 3.63) is 107 Å². The van der Waals surface area contributed by atoms with Gasteiger partial charge in [-0.1, -0.05) is 60.7 Å². The summed E-state index contributed by atoms with van der Waals surface area (Å²) in [7, 11) is 0. The van der Waals surface area contributed by atoms with Gasteiger partial charge >= 0.3 is 0 Å². The lowest BCUT2D eigenvalue weighted by Crippen LogP contribution is -2.13. The summed E-state index contributed by atoms with van der Waals surface area (Å²) >= 11 is 0. The second-order valence-corrected chi connectivity index (χ2v) is 11.4. The highest BCUT2D eigenvalue weighted by atomic mass is 19.1. The van der Waals surface area contributed by atoms with Gasteiger partial charge in [0, 0.05) is 38.5 Å². The number of rotatable bonds is 3. The van der Waals surface area contributed by atoms with Gasteiger partial charge in [-0.05, 0) is 91.2 Å². The molecule has 0 aliphatic heterocycles. The van der Waals surface area contributed by atoms with Crippen molar-refractivity contribution >= 4 is 17.3 Å². The van der Waals surface area contributed by atoms with Crippen molar-refractivity contribution < 1.29 is 23.2 Å². The Morgan fingerprint density at radius 1 is 0.439 bits per heavy atom. The normalized spacial score (nSPS) is 18.6. The third kappa shape index (κ3) is 9.55. The summed E-state index contributed by atoms with van der Waals surface area (Å²) in [6.45, 7) is 0. The van der Waals surface area contributed by atoms with Crippen LogP contribution in [0.15, 0.2) is 78.9 Å². The summed E-state index contributed by atoms with van der Waals surface area (Å²) in [5.41, 5.74) is 3.34. The Kier molecular flexibility index (Phi) is 11.5. The molecular formula is C36H40F2O3. The van der Waals surface area contributed by atoms with Crippen LogP contribution < -0.4 is 0 Å². The minimum absolute atomic E-state index is 0.133. The Morgan fingerprint density at radius 2 is 0.829 bits per heavy atom. The molecule has 0 radical (unpaired) electrons. The van der Waals surface area contributed by atoms with Crippen molar-refractivity contribution in [2.24, 2.45) is 0 Å². The molecule has 3 aromatic rings. The molecule has 0 aromatic heterocycles. The molecule has 5 heteroatoms. The smallest absolute Gasteiger partial charge is 0.132 e. The van der Waals surface area contributed by atoms with Crippen molar-refractivity contribution in [2.45, 2.75) is 94.8 Å². The second kappa shape index (κ2) is 15.5. The summed E-state index contributed by atoms with van der Waals surface area (Å²) in [6, 6.07) is 24.0. The van der Waals surface area contributed by atoms with E-state index in [1.165, 1.54) is 29.3 Å². The number of carbonyl (C=O) groups is 3. The molecule has 216 valence electrons. The lowest BCUT2D eigenvalue weighted by molar-refractivity contribution is -0.121. The van der Waals surface area contributed by atoms with Gasteiger partial charge in [0.15, 0.2) is 0 Å². The van der Waals surface area contributed by atoms with Gasteiger partial charge in [-0.25, -0.2) is 8.78 Å². The molecular weight excluding hydrogens is 518 g/mol. The first-order chi connectivity index (χ1) is 19.9. The van der Waals surface area contributed by atoms with E-state index in [9.17, 15) is 23.2 Å². The van der Waals surface area contributed by atoms with E-state index in [0.717, 1.165) is 56.9 Å². The monoisotopic (exact) mass is 558 g/mol. The van der Waals surface area contributed by atoms with Crippen LogP contribution in [-0.4, -0.2) is 17.3 Å². The fourth-order valence-electron chi connectivity index (χ4n) is 6.06. The predicted molar refractivity (Wildman–Crippen MR) is 158 cm³/mol. The Balaban J connectivity index is 0.000000142. The molecule has 0 saturated heterocycles. The molecule has 3 aliphatic carbocycles. The Morgan fingerprint density at radius 3 is 1.29 bits per heavy atom. The van der Waals surface area contributed by atoms with Crippen LogP contribution >= 0.6 is 0 Å². The highest BCUT2D eigenvalue weighted by molar-refractivity contribution is 5.80. The molecule has 0 unspecified atom stereocenters. The van der Waals surface area contributed by atoms with Crippen molar-refractivity contribution in [2.75, 3.05) is 0 Å². The van der Waals surface area contributed by atoms with Crippen LogP contribution in [0.5, 0.6) is 0 Å². The van der Waals surface area contributed by atoms with Crippen LogP contribution in [0.1, 0.15) is 111 Å². The highest BCUT2D eigenvalue weighted by Gasteiger charge is 2.22. The Bertz CT molecular complexity index is 1260. The molecule has 41 heavy (non-hydrogen) atoms. The van der Waals surface area contributed by atoms with Gasteiger partial charge in [0.1, 0.15) is 29.0 Å². The first kappa shape index (κ1) is 30.5. The molecule has 3 saturated carbocycles. The van der Waals surface area contributed by atoms with Crippen LogP contribution in [0.2, 0.25) is 0 Å². The van der Waals surface area contributed by atoms with Crippen molar-refractivity contribution in [3.63, 3.8) is 0 Å². The zero-order chi connectivity index (χ0) is 29.0. The largest absolute Gasteiger partial charge is 0.300 e. The third-order valence-corrected chi connectivity index (χ3v) is 8.59. The molecule has 6 rings (SSSR count). The van der Waals surface area contributed by atoms with Crippen LogP contribution in [-0.2, 0) is 14.4 Å². The molecule has 0 spiro atoms. The van der Waals surface area contributed by atoms with E-state index < -0.39 is 0 Å². The van der Waals surface area contributed by atoms with Gasteiger partial charge in [-0.3, -0.25) is 14.4 Å². The first-order valence-electron chi connectivity index (χ1n) is 15.0. The van der Waals surface area contributed by atoms with E-state index in [4.69, 9.17) is 0 Å². The second-order valence-electron chi connectivity index (χ2n) is 11.4. The van der Waals surface area contributed by atoms with E-state index in [-0.39, 0.29) is 17.6 Å². The topological polar surface area (TPSA) is 51.2 Å². The fraction of sp³-hybridized carbons (Fsp3) is 0.417. The summed E-state index contributed by atoms with van der Waals surface area (Å²) in [5.74, 6) is 2.11. The maximum absolute atomic E-state index is 13.4. The Hall–Kier alpha value is -3.47. The van der Waals surface area contributed by atoms with Gasteiger partial charge in [0.05, 0.1) is 0 Å². The average molecular weight is 559 g/mol. The summed E-state index contributed by atoms with van der Waals surface area (Å²) < 4.78 is 26.0. The van der Waals surface area contributed by atoms with Crippen molar-refractivity contribution in [1.82, 2.24) is 0 Å². The first-order valence-corrected chi connectivity index (χ1v) is 15.0. The number of benzene rings is 3. The van der Waals surface area contributed by atoms with E-state index in [1.807, 2.05) is 30.3 Å². The van der Waals surface area contributed by atoms with Crippen LogP contribution in [0.3, 0.4) is 0 Å². The summed E-state index contributed by atoms with van der Waals surface area (Å²) in [6.07, 6.45) is 9.68. The van der Waals surface area contributed by atoms with Crippen LogP contribution in [0.4, 0.5) is 8.78 Å². The van der Waals surface area contributed by atoms with E-state index in [0.29, 0.717) is 54.9 Å². The molecule has 0 heterocycles. The third-order valence-electron chi connectivity index (χ3n) is 8.59. The molecule has 3 nitrogen and oxygen atoms in total. The Labute approximate surface area is 242 Å². The van der Waals surface area contributed by atoms with E-state index in [1.54, 1.807) is 6.07 Å². The van der Waals surface area contributed by atoms with Gasteiger partial charge < -0.3 is 0 Å². The molecule has 0 amide bonds. The number of hydrogen-bond acceptors (Lipinski definition) is 3. The van der Waals surface area contributed by atoms with Gasteiger partial charge in [0.2, 0.25) is 0 Å². The average Bonchev–Trinajstić information content (AvgIpc) is 3.00. The molecule has 3 aliphatic rings. The van der Waals surface area contributed by atoms with Gasteiger partial charge in [-0.15, -0.1) is 0 Å². The van der Waals surface area contributed by atoms with Crippen LogP contribution in [0, 0.1) is 11.6 Å². The summed E-state index contributed by atoms with van der Waals surface area (Å²) in [5, 5.41) is 0. The van der Waals surface area contributed by atoms with E-state index >= 15 is 0 Å². The molecule has 3 aromatic carbocycles. The number of halogens is 2. The van der Waals surface area contributed by atoms with Crippen LogP contribution in [0.25, 0.3) is 0 Å². The number of hydrogen-bond donors (Lipinski definition) is 0. The minimum Gasteiger partial charge on any atom is -0.300 e. The van der Waals surface area contributed by atoms with Gasteiger partial charge in [0.25, 0.3) is 0 Å². The molecule has 3 fully saturated rings. The lowest BCUT2D eigenvalue weighted by Gasteiger charge is -2.21. The molecule has 0 N–H and O–H groups in total. The SMILES string of the molecule is O=C1CCC(c2ccc(F)cc2)CC1.O=C1CCC(c2ccccc2)CC1.O=C1CCC(c2ccccc2F)CC1. The zero-order valence-electron chi connectivity index (χ0n) is 23.7. The number of carbonyl (C=O) groups excluding carboxylic acids is 3. The van der Waals surface area contributed by atoms with Crippen molar-refractivity contribution in [3.8, 4) is 0 Å².